The van der Waals surface area contributed by atoms with Crippen LogP contribution in [0.15, 0.2) is 48.7 Å². The van der Waals surface area contributed by atoms with Gasteiger partial charge < -0.3 is 15.4 Å². The van der Waals surface area contributed by atoms with Crippen LogP contribution < -0.4 is 15.4 Å². The van der Waals surface area contributed by atoms with Gasteiger partial charge >= 0.3 is 0 Å². The zero-order chi connectivity index (χ0) is 16.9. The second-order valence-electron chi connectivity index (χ2n) is 5.13. The van der Waals surface area contributed by atoms with Crippen LogP contribution in [-0.4, -0.2) is 22.3 Å². The van der Waals surface area contributed by atoms with Gasteiger partial charge in [0, 0.05) is 10.7 Å². The molecule has 122 valence electrons. The van der Waals surface area contributed by atoms with Crippen LogP contribution in [0.4, 0.5) is 23.1 Å². The highest BCUT2D eigenvalue weighted by atomic mass is 35.5. The van der Waals surface area contributed by atoms with E-state index in [-0.39, 0.29) is 0 Å². The molecule has 3 rings (SSSR count). The largest absolute Gasteiger partial charge is 0.495 e. The Labute approximate surface area is 144 Å². The number of hydrogen-bond donors (Lipinski definition) is 2. The Kier molecular flexibility index (Phi) is 4.77. The number of hydrogen-bond acceptors (Lipinski definition) is 6. The Morgan fingerprint density at radius 3 is 2.58 bits per heavy atom. The molecule has 0 bridgehead atoms. The highest BCUT2D eigenvalue weighted by molar-refractivity contribution is 6.31. The molecule has 0 aliphatic carbocycles. The fourth-order valence-corrected chi connectivity index (χ4v) is 2.27. The van der Waals surface area contributed by atoms with Gasteiger partial charge in [-0.15, -0.1) is 5.10 Å². The molecule has 0 aliphatic heterocycles. The molecule has 1 heterocycles. The van der Waals surface area contributed by atoms with Crippen LogP contribution in [-0.2, 0) is 0 Å². The van der Waals surface area contributed by atoms with E-state index in [0.717, 1.165) is 5.69 Å². The third-order valence-electron chi connectivity index (χ3n) is 3.29. The van der Waals surface area contributed by atoms with Gasteiger partial charge in [0.05, 0.1) is 19.0 Å². The van der Waals surface area contributed by atoms with Crippen molar-refractivity contribution in [2.24, 2.45) is 0 Å². The summed E-state index contributed by atoms with van der Waals surface area (Å²) in [5, 5.41) is 14.8. The van der Waals surface area contributed by atoms with Gasteiger partial charge in [-0.3, -0.25) is 0 Å². The molecule has 7 heteroatoms. The second-order valence-corrected chi connectivity index (χ2v) is 5.56. The molecular formula is C17H16ClN5O. The van der Waals surface area contributed by atoms with Gasteiger partial charge in [-0.2, -0.15) is 10.1 Å². The predicted octanol–water partition coefficient (Wildman–Crippen LogP) is 4.33. The van der Waals surface area contributed by atoms with Crippen molar-refractivity contribution in [1.82, 2.24) is 15.2 Å². The van der Waals surface area contributed by atoms with E-state index in [9.17, 15) is 0 Å². The molecule has 0 saturated heterocycles. The van der Waals surface area contributed by atoms with Gasteiger partial charge in [-0.05, 0) is 37.3 Å². The number of rotatable bonds is 5. The molecular weight excluding hydrogens is 326 g/mol. The number of methoxy groups -OCH3 is 1. The average molecular weight is 342 g/mol. The summed E-state index contributed by atoms with van der Waals surface area (Å²) in [7, 11) is 1.59. The van der Waals surface area contributed by atoms with E-state index in [0.29, 0.717) is 28.2 Å². The smallest absolute Gasteiger partial charge is 0.249 e. The summed E-state index contributed by atoms with van der Waals surface area (Å²) < 4.78 is 5.30. The molecule has 0 aliphatic rings. The molecule has 2 N–H and O–H groups in total. The SMILES string of the molecule is COc1ccc(Cl)cc1Nc1nncc(Nc2ccc(C)cc2)n1. The van der Waals surface area contributed by atoms with Crippen molar-refractivity contribution in [2.75, 3.05) is 17.7 Å². The third kappa shape index (κ3) is 3.91. The molecule has 0 fully saturated rings. The molecule has 1 aromatic heterocycles. The van der Waals surface area contributed by atoms with Gasteiger partial charge in [0.1, 0.15) is 5.75 Å². The molecule has 0 spiro atoms. The number of aromatic nitrogens is 3. The second kappa shape index (κ2) is 7.14. The standard InChI is InChI=1S/C17H16ClN5O/c1-11-3-6-13(7-4-11)20-16-10-19-23-17(22-16)21-14-9-12(18)5-8-15(14)24-2/h3-10H,1-2H3,(H2,20,21,22,23). The lowest BCUT2D eigenvalue weighted by atomic mass is 10.2. The van der Waals surface area contributed by atoms with Crippen LogP contribution in [0.5, 0.6) is 5.75 Å². The quantitative estimate of drug-likeness (QED) is 0.719. The molecule has 0 saturated carbocycles. The Morgan fingerprint density at radius 1 is 1.04 bits per heavy atom. The number of nitrogens with zero attached hydrogens (tertiary/aromatic N) is 3. The number of benzene rings is 2. The van der Waals surface area contributed by atoms with Crippen LogP contribution in [0.2, 0.25) is 5.02 Å². The van der Waals surface area contributed by atoms with Crippen LogP contribution in [0.3, 0.4) is 0 Å². The minimum absolute atomic E-state index is 0.340. The van der Waals surface area contributed by atoms with E-state index in [4.69, 9.17) is 16.3 Å². The lowest BCUT2D eigenvalue weighted by Gasteiger charge is -2.11. The molecule has 6 nitrogen and oxygen atoms in total. The molecule has 0 amide bonds. The van der Waals surface area contributed by atoms with Crippen molar-refractivity contribution < 1.29 is 4.74 Å². The fourth-order valence-electron chi connectivity index (χ4n) is 2.10. The Bertz CT molecular complexity index is 839. The van der Waals surface area contributed by atoms with E-state index in [2.05, 4.69) is 25.8 Å². The van der Waals surface area contributed by atoms with Crippen molar-refractivity contribution in [3.05, 3.63) is 59.2 Å². The zero-order valence-corrected chi connectivity index (χ0v) is 14.0. The molecule has 0 radical (unpaired) electrons. The van der Waals surface area contributed by atoms with Crippen molar-refractivity contribution in [3.8, 4) is 5.75 Å². The number of nitrogens with one attached hydrogen (secondary N) is 2. The normalized spacial score (nSPS) is 10.3. The summed E-state index contributed by atoms with van der Waals surface area (Å²) in [4.78, 5) is 4.40. The molecule has 0 unspecified atom stereocenters. The van der Waals surface area contributed by atoms with Crippen LogP contribution in [0, 0.1) is 6.92 Å². The Balaban J connectivity index is 1.80. The summed E-state index contributed by atoms with van der Waals surface area (Å²) in [6, 6.07) is 13.3. The minimum atomic E-state index is 0.340. The first-order valence-electron chi connectivity index (χ1n) is 7.28. The van der Waals surface area contributed by atoms with Crippen LogP contribution >= 0.6 is 11.6 Å². The molecule has 0 atom stereocenters. The minimum Gasteiger partial charge on any atom is -0.495 e. The van der Waals surface area contributed by atoms with Crippen molar-refractivity contribution >= 4 is 34.7 Å². The average Bonchev–Trinajstić information content (AvgIpc) is 2.58. The summed E-state index contributed by atoms with van der Waals surface area (Å²) >= 11 is 6.03. The number of anilines is 4. The fraction of sp³-hybridized carbons (Fsp3) is 0.118. The maximum atomic E-state index is 6.03. The first-order valence-corrected chi connectivity index (χ1v) is 7.66. The molecule has 24 heavy (non-hydrogen) atoms. The summed E-state index contributed by atoms with van der Waals surface area (Å²) in [6.07, 6.45) is 1.56. The lowest BCUT2D eigenvalue weighted by Crippen LogP contribution is -2.03. The molecule has 2 aromatic carbocycles. The topological polar surface area (TPSA) is 72.0 Å². The maximum absolute atomic E-state index is 6.03. The van der Waals surface area contributed by atoms with E-state index >= 15 is 0 Å². The van der Waals surface area contributed by atoms with Gasteiger partial charge in [-0.1, -0.05) is 29.3 Å². The van der Waals surface area contributed by atoms with E-state index < -0.39 is 0 Å². The molecule has 3 aromatic rings. The van der Waals surface area contributed by atoms with Crippen molar-refractivity contribution in [3.63, 3.8) is 0 Å². The highest BCUT2D eigenvalue weighted by Gasteiger charge is 2.07. The van der Waals surface area contributed by atoms with Gasteiger partial charge in [-0.25, -0.2) is 0 Å². The first kappa shape index (κ1) is 16.0. The van der Waals surface area contributed by atoms with E-state index in [1.807, 2.05) is 31.2 Å². The monoisotopic (exact) mass is 341 g/mol. The maximum Gasteiger partial charge on any atom is 0.249 e. The predicted molar refractivity (Wildman–Crippen MR) is 95.6 cm³/mol. The van der Waals surface area contributed by atoms with Crippen molar-refractivity contribution in [1.29, 1.82) is 0 Å². The summed E-state index contributed by atoms with van der Waals surface area (Å²) in [6.45, 7) is 2.04. The van der Waals surface area contributed by atoms with Gasteiger partial charge in [0.15, 0.2) is 5.82 Å². The number of ether oxygens (including phenoxy) is 1. The van der Waals surface area contributed by atoms with Crippen LogP contribution in [0.25, 0.3) is 0 Å². The first-order chi connectivity index (χ1) is 11.6. The van der Waals surface area contributed by atoms with Crippen LogP contribution in [0.1, 0.15) is 5.56 Å². The Hall–Kier alpha value is -2.86. The summed E-state index contributed by atoms with van der Waals surface area (Å²) in [5.74, 6) is 1.56. The number of aryl methyl sites for hydroxylation is 1. The zero-order valence-electron chi connectivity index (χ0n) is 13.2. The van der Waals surface area contributed by atoms with Gasteiger partial charge in [0.25, 0.3) is 0 Å². The lowest BCUT2D eigenvalue weighted by molar-refractivity contribution is 0.417. The van der Waals surface area contributed by atoms with E-state index in [1.165, 1.54) is 5.56 Å². The Morgan fingerprint density at radius 2 is 1.83 bits per heavy atom. The van der Waals surface area contributed by atoms with E-state index in [1.54, 1.807) is 31.5 Å². The third-order valence-corrected chi connectivity index (χ3v) is 3.53. The van der Waals surface area contributed by atoms with Gasteiger partial charge in [0.2, 0.25) is 5.95 Å². The highest BCUT2D eigenvalue weighted by Crippen LogP contribution is 2.29. The summed E-state index contributed by atoms with van der Waals surface area (Å²) in [5.41, 5.74) is 2.78. The van der Waals surface area contributed by atoms with Crippen molar-refractivity contribution in [2.45, 2.75) is 6.92 Å². The number of halogens is 1.